The number of hydrogen-bond acceptors (Lipinski definition) is 0. The van der Waals surface area contributed by atoms with Crippen molar-refractivity contribution in [1.82, 2.24) is 0 Å². The Bertz CT molecular complexity index is 420. The monoisotopic (exact) mass is 728 g/mol. The summed E-state index contributed by atoms with van der Waals surface area (Å²) in [5.74, 6) is 4.49. The highest BCUT2D eigenvalue weighted by molar-refractivity contribution is 14.1. The van der Waals surface area contributed by atoms with E-state index < -0.39 is 0 Å². The molecule has 0 saturated heterocycles. The Labute approximate surface area is 218 Å². The molecule has 0 amide bonds. The van der Waals surface area contributed by atoms with Gasteiger partial charge >= 0.3 is 0 Å². The molecule has 5 atom stereocenters. The third-order valence-corrected chi connectivity index (χ3v) is 13.7. The van der Waals surface area contributed by atoms with Crippen molar-refractivity contribution < 1.29 is 0 Å². The predicted octanol–water partition coefficient (Wildman–Crippen LogP) is 10.3. The number of alkyl halides is 3. The van der Waals surface area contributed by atoms with Gasteiger partial charge in [0.1, 0.15) is 0 Å². The lowest BCUT2D eigenvalue weighted by atomic mass is 9.66. The van der Waals surface area contributed by atoms with Crippen LogP contribution >= 0.6 is 67.8 Å². The van der Waals surface area contributed by atoms with E-state index in [2.05, 4.69) is 116 Å². The van der Waals surface area contributed by atoms with Crippen molar-refractivity contribution in [2.45, 2.75) is 123 Å². The Kier molecular flexibility index (Phi) is 13.1. The zero-order valence-electron chi connectivity index (χ0n) is 19.7. The van der Waals surface area contributed by atoms with E-state index in [1.807, 2.05) is 0 Å². The molecule has 0 radical (unpaired) electrons. The number of unbranched alkanes of at least 4 members (excludes halogenated alkanes) is 1. The minimum Gasteiger partial charge on any atom is -0.0829 e. The topological polar surface area (TPSA) is 0 Å². The molecule has 1 aliphatic rings. The second-order valence-corrected chi connectivity index (χ2v) is 17.1. The maximum Gasteiger partial charge on any atom is 0.0367 e. The zero-order valence-corrected chi connectivity index (χ0v) is 26.1. The molecule has 0 aromatic carbocycles. The first kappa shape index (κ1) is 28.2. The molecule has 5 unspecified atom stereocenters. The molecule has 1 fully saturated rings. The third-order valence-electron chi connectivity index (χ3n) is 7.90. The average Bonchev–Trinajstić information content (AvgIpc) is 2.62. The molecule has 1 saturated carbocycles. The van der Waals surface area contributed by atoms with Crippen LogP contribution in [0.1, 0.15) is 113 Å². The van der Waals surface area contributed by atoms with Gasteiger partial charge in [0.2, 0.25) is 0 Å². The first-order valence-electron chi connectivity index (χ1n) is 11.9. The lowest BCUT2D eigenvalue weighted by Gasteiger charge is -2.50. The fourth-order valence-electron chi connectivity index (χ4n) is 5.38. The predicted molar refractivity (Wildman–Crippen MR) is 155 cm³/mol. The molecule has 0 aromatic heterocycles. The van der Waals surface area contributed by atoms with Crippen molar-refractivity contribution >= 4 is 67.8 Å². The fourth-order valence-corrected chi connectivity index (χ4v) is 7.86. The molecule has 0 aromatic rings. The van der Waals surface area contributed by atoms with Crippen LogP contribution in [-0.2, 0) is 0 Å². The highest BCUT2D eigenvalue weighted by atomic mass is 127. The van der Waals surface area contributed by atoms with Crippen molar-refractivity contribution in [2.24, 2.45) is 29.6 Å². The van der Waals surface area contributed by atoms with Crippen LogP contribution in [0.15, 0.2) is 0 Å². The van der Waals surface area contributed by atoms with Gasteiger partial charge in [-0.15, -0.1) is 0 Å². The van der Waals surface area contributed by atoms with Crippen LogP contribution in [0.2, 0.25) is 0 Å². The van der Waals surface area contributed by atoms with Crippen molar-refractivity contribution in [2.75, 3.05) is 0 Å². The van der Waals surface area contributed by atoms with Gasteiger partial charge < -0.3 is 0 Å². The van der Waals surface area contributed by atoms with Gasteiger partial charge in [0.05, 0.1) is 0 Å². The maximum atomic E-state index is 2.85. The summed E-state index contributed by atoms with van der Waals surface area (Å²) >= 11 is 8.23. The largest absolute Gasteiger partial charge is 0.0829 e. The van der Waals surface area contributed by atoms with Crippen molar-refractivity contribution in [3.63, 3.8) is 0 Å². The van der Waals surface area contributed by atoms with E-state index in [1.165, 1.54) is 64.2 Å². The minimum absolute atomic E-state index is 0.380. The Hall–Kier alpha value is 2.19. The maximum absolute atomic E-state index is 2.85. The molecule has 0 aliphatic heterocycles. The number of halogens is 3. The van der Waals surface area contributed by atoms with Gasteiger partial charge in [-0.3, -0.25) is 0 Å². The minimum atomic E-state index is 0.380. The summed E-state index contributed by atoms with van der Waals surface area (Å²) in [6, 6.07) is 0. The molecule has 3 heteroatoms. The SMILES string of the molecule is CCC(C)C(C)(I)C(C)(I)C1CCC(C(CCCCC(C)I)CC(C)C)CC1. The van der Waals surface area contributed by atoms with E-state index in [9.17, 15) is 0 Å². The molecule has 0 spiro atoms. The molecule has 0 heterocycles. The van der Waals surface area contributed by atoms with E-state index in [0.29, 0.717) is 6.84 Å². The van der Waals surface area contributed by atoms with Gasteiger partial charge in [-0.05, 0) is 82.0 Å². The van der Waals surface area contributed by atoms with Gasteiger partial charge in [0.15, 0.2) is 0 Å². The lowest BCUT2D eigenvalue weighted by Crippen LogP contribution is -2.50. The van der Waals surface area contributed by atoms with Crippen LogP contribution in [0.5, 0.6) is 0 Å². The van der Waals surface area contributed by atoms with E-state index >= 15 is 0 Å². The van der Waals surface area contributed by atoms with Crippen LogP contribution in [0.4, 0.5) is 0 Å². The summed E-state index contributed by atoms with van der Waals surface area (Å²) in [4.78, 5) is 0. The zero-order chi connectivity index (χ0) is 21.5. The quantitative estimate of drug-likeness (QED) is 0.107. The van der Waals surface area contributed by atoms with E-state index in [4.69, 9.17) is 0 Å². The highest BCUT2D eigenvalue weighted by Gasteiger charge is 2.49. The molecule has 28 heavy (non-hydrogen) atoms. The Morgan fingerprint density at radius 2 is 1.43 bits per heavy atom. The molecule has 168 valence electrons. The summed E-state index contributed by atoms with van der Waals surface area (Å²) in [5, 5.41) is 0. The van der Waals surface area contributed by atoms with E-state index in [-0.39, 0.29) is 0 Å². The van der Waals surface area contributed by atoms with Gasteiger partial charge in [0.25, 0.3) is 0 Å². The van der Waals surface area contributed by atoms with E-state index in [0.717, 1.165) is 33.5 Å². The van der Waals surface area contributed by atoms with Gasteiger partial charge in [-0.2, -0.15) is 0 Å². The van der Waals surface area contributed by atoms with Crippen molar-refractivity contribution in [3.05, 3.63) is 0 Å². The van der Waals surface area contributed by atoms with Crippen LogP contribution in [0.25, 0.3) is 0 Å². The van der Waals surface area contributed by atoms with E-state index in [1.54, 1.807) is 0 Å². The van der Waals surface area contributed by atoms with Crippen LogP contribution < -0.4 is 0 Å². The average molecular weight is 728 g/mol. The Balaban J connectivity index is 2.67. The number of rotatable bonds is 12. The van der Waals surface area contributed by atoms with Crippen molar-refractivity contribution in [3.8, 4) is 0 Å². The highest BCUT2D eigenvalue weighted by Crippen LogP contribution is 2.54. The molecule has 1 rings (SSSR count). The summed E-state index contributed by atoms with van der Waals surface area (Å²) < 4.78 is 1.62. The van der Waals surface area contributed by atoms with Gasteiger partial charge in [-0.25, -0.2) is 0 Å². The first-order chi connectivity index (χ1) is 12.9. The van der Waals surface area contributed by atoms with Crippen LogP contribution in [0, 0.1) is 29.6 Å². The number of hydrogen-bond donors (Lipinski definition) is 0. The normalized spacial score (nSPS) is 28.4. The van der Waals surface area contributed by atoms with Crippen LogP contribution in [0.3, 0.4) is 0 Å². The third kappa shape index (κ3) is 8.27. The molecule has 0 nitrogen and oxygen atoms in total. The van der Waals surface area contributed by atoms with Gasteiger partial charge in [-0.1, -0.05) is 128 Å². The first-order valence-corrected chi connectivity index (χ1v) is 15.4. The second kappa shape index (κ2) is 13.0. The Morgan fingerprint density at radius 3 is 1.89 bits per heavy atom. The molecular formula is C25H47I3. The molecular weight excluding hydrogens is 681 g/mol. The summed E-state index contributed by atoms with van der Waals surface area (Å²) in [5.41, 5.74) is 0. The van der Waals surface area contributed by atoms with Crippen molar-refractivity contribution in [1.29, 1.82) is 0 Å². The molecule has 1 aliphatic carbocycles. The smallest absolute Gasteiger partial charge is 0.0367 e. The molecule has 0 bridgehead atoms. The van der Waals surface area contributed by atoms with Gasteiger partial charge in [0, 0.05) is 10.8 Å². The second-order valence-electron chi connectivity index (χ2n) is 10.5. The van der Waals surface area contributed by atoms with Crippen LogP contribution in [-0.4, -0.2) is 10.8 Å². The standard InChI is InChI=1S/C25H47I3/c1-8-19(4)24(6,27)25(7,28)23-15-13-21(14-16-23)22(17-18(2)3)12-10-9-11-20(5)26/h18-23H,8-17H2,1-7H3. The molecule has 0 N–H and O–H groups in total. The Morgan fingerprint density at radius 1 is 0.893 bits per heavy atom. The summed E-state index contributed by atoms with van der Waals surface area (Å²) in [6.45, 7) is 17.1. The summed E-state index contributed by atoms with van der Waals surface area (Å²) in [6.07, 6.45) is 14.4. The summed E-state index contributed by atoms with van der Waals surface area (Å²) in [7, 11) is 0. The lowest BCUT2D eigenvalue weighted by molar-refractivity contribution is 0.146. The fraction of sp³-hybridized carbons (Fsp3) is 1.00.